The number of benzene rings is 2. The summed E-state index contributed by atoms with van der Waals surface area (Å²) in [7, 11) is 3.27. The van der Waals surface area contributed by atoms with Crippen LogP contribution in [0.1, 0.15) is 24.2 Å². The molecule has 4 rings (SSSR count). The van der Waals surface area contributed by atoms with Crippen molar-refractivity contribution in [2.45, 2.75) is 25.8 Å². The number of nitrogens with one attached hydrogen (secondary N) is 1. The summed E-state index contributed by atoms with van der Waals surface area (Å²) in [5.41, 5.74) is 2.94. The molecular weight excluding hydrogens is 357 g/mol. The number of piperidine rings is 1. The zero-order valence-electron chi connectivity index (χ0n) is 16.4. The van der Waals surface area contributed by atoms with E-state index in [1.807, 2.05) is 24.3 Å². The van der Waals surface area contributed by atoms with Crippen molar-refractivity contribution >= 4 is 11.0 Å². The van der Waals surface area contributed by atoms with Crippen LogP contribution in [0.4, 0.5) is 4.39 Å². The van der Waals surface area contributed by atoms with Gasteiger partial charge in [-0.3, -0.25) is 0 Å². The Hall–Kier alpha value is -2.60. The molecule has 5 nitrogen and oxygen atoms in total. The maximum absolute atomic E-state index is 13.3. The normalized spacial score (nSPS) is 15.1. The lowest BCUT2D eigenvalue weighted by Gasteiger charge is -2.22. The fourth-order valence-corrected chi connectivity index (χ4v) is 3.95. The van der Waals surface area contributed by atoms with Crippen molar-refractivity contribution in [3.8, 4) is 11.5 Å². The fraction of sp³-hybridized carbons (Fsp3) is 0.409. The highest BCUT2D eigenvalue weighted by molar-refractivity contribution is 5.81. The first kappa shape index (κ1) is 18.7. The Morgan fingerprint density at radius 1 is 1.07 bits per heavy atom. The molecule has 0 amide bonds. The van der Waals surface area contributed by atoms with Crippen molar-refractivity contribution in [3.05, 3.63) is 53.6 Å². The summed E-state index contributed by atoms with van der Waals surface area (Å²) < 4.78 is 26.5. The van der Waals surface area contributed by atoms with Gasteiger partial charge in [-0.05, 0) is 49.5 Å². The standard InChI is InChI=1S/C22H26FN3O2/c1-27-20-12-18-19(13-21(20)28-2)26(14-16-3-5-17(23)6-4-16)22(25-18)11-15-7-9-24-10-8-15/h3-6,12-13,15,24H,7-11,14H2,1-2H3. The van der Waals surface area contributed by atoms with Crippen LogP contribution in [0.15, 0.2) is 36.4 Å². The molecule has 0 bridgehead atoms. The molecule has 0 aliphatic carbocycles. The van der Waals surface area contributed by atoms with Gasteiger partial charge in [-0.1, -0.05) is 12.1 Å². The first-order valence-corrected chi connectivity index (χ1v) is 9.74. The average Bonchev–Trinajstić information content (AvgIpc) is 3.05. The average molecular weight is 383 g/mol. The van der Waals surface area contributed by atoms with E-state index in [1.54, 1.807) is 14.2 Å². The van der Waals surface area contributed by atoms with E-state index in [1.165, 1.54) is 12.1 Å². The lowest BCUT2D eigenvalue weighted by Crippen LogP contribution is -2.29. The van der Waals surface area contributed by atoms with E-state index in [4.69, 9.17) is 14.5 Å². The third kappa shape index (κ3) is 3.83. The van der Waals surface area contributed by atoms with Gasteiger partial charge in [0.2, 0.25) is 0 Å². The van der Waals surface area contributed by atoms with Gasteiger partial charge in [-0.15, -0.1) is 0 Å². The zero-order chi connectivity index (χ0) is 19.5. The number of nitrogens with zero attached hydrogens (tertiary/aromatic N) is 2. The molecule has 0 unspecified atom stereocenters. The molecule has 1 N–H and O–H groups in total. The van der Waals surface area contributed by atoms with Crippen LogP contribution in [0.25, 0.3) is 11.0 Å². The van der Waals surface area contributed by atoms with Crippen LogP contribution in [0.2, 0.25) is 0 Å². The number of halogens is 1. The van der Waals surface area contributed by atoms with E-state index in [0.29, 0.717) is 24.0 Å². The number of imidazole rings is 1. The van der Waals surface area contributed by atoms with Crippen LogP contribution in [-0.4, -0.2) is 36.9 Å². The molecular formula is C22H26FN3O2. The van der Waals surface area contributed by atoms with Gasteiger partial charge in [0.15, 0.2) is 11.5 Å². The summed E-state index contributed by atoms with van der Waals surface area (Å²) in [4.78, 5) is 4.94. The Kier molecular flexibility index (Phi) is 5.48. The monoisotopic (exact) mass is 383 g/mol. The van der Waals surface area contributed by atoms with Crippen LogP contribution in [0.5, 0.6) is 11.5 Å². The second-order valence-electron chi connectivity index (χ2n) is 7.33. The summed E-state index contributed by atoms with van der Waals surface area (Å²) in [5, 5.41) is 3.42. The highest BCUT2D eigenvalue weighted by atomic mass is 19.1. The van der Waals surface area contributed by atoms with Crippen LogP contribution in [-0.2, 0) is 13.0 Å². The van der Waals surface area contributed by atoms with Gasteiger partial charge in [0.1, 0.15) is 11.6 Å². The summed E-state index contributed by atoms with van der Waals surface area (Å²) in [6, 6.07) is 10.6. The number of methoxy groups -OCH3 is 2. The van der Waals surface area contributed by atoms with E-state index in [2.05, 4.69) is 9.88 Å². The van der Waals surface area contributed by atoms with Crippen LogP contribution in [0, 0.1) is 11.7 Å². The Bertz CT molecular complexity index is 947. The summed E-state index contributed by atoms with van der Waals surface area (Å²) in [6.45, 7) is 2.77. The van der Waals surface area contributed by atoms with Crippen molar-refractivity contribution in [2.24, 2.45) is 5.92 Å². The predicted molar refractivity (Wildman–Crippen MR) is 108 cm³/mol. The third-order valence-corrected chi connectivity index (χ3v) is 5.52. The Morgan fingerprint density at radius 3 is 2.43 bits per heavy atom. The molecule has 1 aromatic heterocycles. The van der Waals surface area contributed by atoms with Gasteiger partial charge < -0.3 is 19.4 Å². The minimum atomic E-state index is -0.222. The van der Waals surface area contributed by atoms with E-state index >= 15 is 0 Å². The van der Waals surface area contributed by atoms with E-state index in [0.717, 1.165) is 54.8 Å². The second kappa shape index (κ2) is 8.19. The van der Waals surface area contributed by atoms with E-state index < -0.39 is 0 Å². The fourth-order valence-electron chi connectivity index (χ4n) is 3.95. The summed E-state index contributed by atoms with van der Waals surface area (Å²) in [5.74, 6) is 2.81. The second-order valence-corrected chi connectivity index (χ2v) is 7.33. The minimum Gasteiger partial charge on any atom is -0.493 e. The minimum absolute atomic E-state index is 0.222. The van der Waals surface area contributed by atoms with Gasteiger partial charge >= 0.3 is 0 Å². The highest BCUT2D eigenvalue weighted by Crippen LogP contribution is 2.33. The smallest absolute Gasteiger partial charge is 0.163 e. The SMILES string of the molecule is COc1cc2nc(CC3CCNCC3)n(Cc3ccc(F)cc3)c2cc1OC. The molecule has 0 saturated carbocycles. The number of fused-ring (bicyclic) bond motifs is 1. The van der Waals surface area contributed by atoms with Crippen molar-refractivity contribution in [3.63, 3.8) is 0 Å². The first-order chi connectivity index (χ1) is 13.7. The Morgan fingerprint density at radius 2 is 1.75 bits per heavy atom. The van der Waals surface area contributed by atoms with Gasteiger partial charge in [0.25, 0.3) is 0 Å². The van der Waals surface area contributed by atoms with Crippen molar-refractivity contribution < 1.29 is 13.9 Å². The lowest BCUT2D eigenvalue weighted by molar-refractivity contribution is 0.355. The molecule has 3 aromatic rings. The number of ether oxygens (including phenoxy) is 2. The number of hydrogen-bond donors (Lipinski definition) is 1. The van der Waals surface area contributed by atoms with Crippen molar-refractivity contribution in [1.29, 1.82) is 0 Å². The number of aromatic nitrogens is 2. The zero-order valence-corrected chi connectivity index (χ0v) is 16.4. The topological polar surface area (TPSA) is 48.3 Å². The van der Waals surface area contributed by atoms with Gasteiger partial charge in [0, 0.05) is 25.1 Å². The highest BCUT2D eigenvalue weighted by Gasteiger charge is 2.20. The summed E-state index contributed by atoms with van der Waals surface area (Å²) in [6.07, 6.45) is 3.25. The van der Waals surface area contributed by atoms with E-state index in [-0.39, 0.29) is 5.82 Å². The molecule has 6 heteroatoms. The van der Waals surface area contributed by atoms with Crippen LogP contribution < -0.4 is 14.8 Å². The molecule has 0 spiro atoms. The molecule has 1 saturated heterocycles. The Labute approximate surface area is 164 Å². The van der Waals surface area contributed by atoms with Gasteiger partial charge in [-0.25, -0.2) is 9.37 Å². The maximum Gasteiger partial charge on any atom is 0.163 e. The lowest BCUT2D eigenvalue weighted by atomic mass is 9.94. The molecule has 1 fully saturated rings. The number of hydrogen-bond acceptors (Lipinski definition) is 4. The van der Waals surface area contributed by atoms with E-state index in [9.17, 15) is 4.39 Å². The quantitative estimate of drug-likeness (QED) is 0.704. The third-order valence-electron chi connectivity index (χ3n) is 5.52. The number of rotatable bonds is 6. The van der Waals surface area contributed by atoms with Gasteiger partial charge in [0.05, 0.1) is 25.3 Å². The summed E-state index contributed by atoms with van der Waals surface area (Å²) >= 11 is 0. The Balaban J connectivity index is 1.76. The molecule has 2 heterocycles. The van der Waals surface area contributed by atoms with Crippen LogP contribution >= 0.6 is 0 Å². The first-order valence-electron chi connectivity index (χ1n) is 9.74. The van der Waals surface area contributed by atoms with Crippen molar-refractivity contribution in [1.82, 2.24) is 14.9 Å². The molecule has 0 atom stereocenters. The molecule has 28 heavy (non-hydrogen) atoms. The molecule has 2 aromatic carbocycles. The molecule has 0 radical (unpaired) electrons. The van der Waals surface area contributed by atoms with Crippen LogP contribution in [0.3, 0.4) is 0 Å². The largest absolute Gasteiger partial charge is 0.493 e. The molecule has 148 valence electrons. The predicted octanol–water partition coefficient (Wildman–Crippen LogP) is 3.78. The molecule has 1 aliphatic heterocycles. The van der Waals surface area contributed by atoms with Gasteiger partial charge in [-0.2, -0.15) is 0 Å². The molecule has 1 aliphatic rings. The van der Waals surface area contributed by atoms with Crippen molar-refractivity contribution in [2.75, 3.05) is 27.3 Å². The maximum atomic E-state index is 13.3.